The molecule has 3 heterocycles. The van der Waals surface area contributed by atoms with Crippen molar-refractivity contribution in [1.29, 1.82) is 0 Å². The first-order valence-corrected chi connectivity index (χ1v) is 7.29. The van der Waals surface area contributed by atoms with Gasteiger partial charge in [0.2, 0.25) is 0 Å². The number of nitrogens with two attached hydrogens (primary N) is 1. The molecule has 2 saturated heterocycles. The summed E-state index contributed by atoms with van der Waals surface area (Å²) in [6.07, 6.45) is 5.11. The van der Waals surface area contributed by atoms with Gasteiger partial charge in [-0.1, -0.05) is 0 Å². The Morgan fingerprint density at radius 3 is 2.85 bits per heavy atom. The highest BCUT2D eigenvalue weighted by atomic mass is 16.2. The molecule has 20 heavy (non-hydrogen) atoms. The van der Waals surface area contributed by atoms with Gasteiger partial charge in [-0.05, 0) is 39.3 Å². The molecule has 5 nitrogen and oxygen atoms in total. The van der Waals surface area contributed by atoms with Crippen LogP contribution in [0.2, 0.25) is 0 Å². The van der Waals surface area contributed by atoms with Gasteiger partial charge in [-0.25, -0.2) is 0 Å². The maximum Gasteiger partial charge on any atom is 0.257 e. The molecule has 0 aliphatic carbocycles. The van der Waals surface area contributed by atoms with Gasteiger partial charge in [-0.2, -0.15) is 0 Å². The number of aromatic nitrogens is 1. The maximum absolute atomic E-state index is 12.7. The van der Waals surface area contributed by atoms with Gasteiger partial charge in [-0.15, -0.1) is 0 Å². The number of likely N-dealkylation sites (N-methyl/N-ethyl adjacent to an activating group) is 1. The van der Waals surface area contributed by atoms with E-state index < -0.39 is 0 Å². The zero-order chi connectivity index (χ0) is 14.3. The van der Waals surface area contributed by atoms with E-state index in [4.69, 9.17) is 5.73 Å². The summed E-state index contributed by atoms with van der Waals surface area (Å²) < 4.78 is 0. The van der Waals surface area contributed by atoms with Crippen LogP contribution in [0.5, 0.6) is 0 Å². The Morgan fingerprint density at radius 2 is 2.10 bits per heavy atom. The summed E-state index contributed by atoms with van der Waals surface area (Å²) in [5.41, 5.74) is 7.89. The van der Waals surface area contributed by atoms with Crippen LogP contribution in [0.25, 0.3) is 0 Å². The molecule has 2 fully saturated rings. The molecular formula is C15H22N4O. The number of aryl methyl sites for hydroxylation is 1. The van der Waals surface area contributed by atoms with E-state index in [-0.39, 0.29) is 5.91 Å². The van der Waals surface area contributed by atoms with E-state index in [1.54, 1.807) is 12.3 Å². The first-order valence-electron chi connectivity index (χ1n) is 7.29. The number of amides is 1. The summed E-state index contributed by atoms with van der Waals surface area (Å²) in [6.45, 7) is 3.50. The minimum Gasteiger partial charge on any atom is -0.398 e. The average molecular weight is 274 g/mol. The van der Waals surface area contributed by atoms with Crippen molar-refractivity contribution in [3.63, 3.8) is 0 Å². The van der Waals surface area contributed by atoms with E-state index in [1.807, 2.05) is 11.8 Å². The molecule has 1 aromatic heterocycles. The Labute approximate surface area is 119 Å². The predicted molar refractivity (Wildman–Crippen MR) is 78.5 cm³/mol. The van der Waals surface area contributed by atoms with Gasteiger partial charge in [0.1, 0.15) is 0 Å². The Hall–Kier alpha value is -1.62. The van der Waals surface area contributed by atoms with Crippen molar-refractivity contribution in [1.82, 2.24) is 14.8 Å². The van der Waals surface area contributed by atoms with Gasteiger partial charge >= 0.3 is 0 Å². The number of anilines is 1. The Bertz CT molecular complexity index is 531. The lowest BCUT2D eigenvalue weighted by atomic mass is 10.1. The fourth-order valence-electron chi connectivity index (χ4n) is 3.42. The molecule has 0 saturated carbocycles. The molecule has 108 valence electrons. The fraction of sp³-hybridized carbons (Fsp3) is 0.600. The normalized spacial score (nSPS) is 26.6. The summed E-state index contributed by atoms with van der Waals surface area (Å²) in [5.74, 6) is 0.0240. The Morgan fingerprint density at radius 1 is 1.35 bits per heavy atom. The van der Waals surface area contributed by atoms with Crippen LogP contribution in [0.15, 0.2) is 12.3 Å². The van der Waals surface area contributed by atoms with Crippen molar-refractivity contribution in [3.05, 3.63) is 23.5 Å². The van der Waals surface area contributed by atoms with Crippen molar-refractivity contribution < 1.29 is 4.79 Å². The number of fused-ring (bicyclic) bond motifs is 2. The maximum atomic E-state index is 12.7. The molecule has 1 amide bonds. The van der Waals surface area contributed by atoms with E-state index >= 15 is 0 Å². The molecule has 0 aromatic carbocycles. The third-order valence-electron chi connectivity index (χ3n) is 4.74. The SMILES string of the molecule is Cc1cc(N)c(C(=O)N2CCC3CCC(C2)N3C)cn1. The van der Waals surface area contributed by atoms with Crippen molar-refractivity contribution in [2.24, 2.45) is 0 Å². The highest BCUT2D eigenvalue weighted by molar-refractivity contribution is 5.98. The lowest BCUT2D eigenvalue weighted by molar-refractivity contribution is 0.0741. The smallest absolute Gasteiger partial charge is 0.257 e. The summed E-state index contributed by atoms with van der Waals surface area (Å²) in [6, 6.07) is 2.89. The van der Waals surface area contributed by atoms with E-state index in [9.17, 15) is 4.79 Å². The first-order chi connectivity index (χ1) is 9.56. The molecular weight excluding hydrogens is 252 g/mol. The molecule has 3 rings (SSSR count). The van der Waals surface area contributed by atoms with Crippen LogP contribution in [-0.2, 0) is 0 Å². The van der Waals surface area contributed by atoms with E-state index in [0.29, 0.717) is 23.3 Å². The van der Waals surface area contributed by atoms with Crippen LogP contribution < -0.4 is 5.73 Å². The number of carbonyl (C=O) groups excluding carboxylic acids is 1. The molecule has 2 unspecified atom stereocenters. The van der Waals surface area contributed by atoms with E-state index in [2.05, 4.69) is 16.9 Å². The molecule has 2 aliphatic rings. The van der Waals surface area contributed by atoms with Crippen LogP contribution in [0, 0.1) is 6.92 Å². The average Bonchev–Trinajstić information content (AvgIpc) is 2.62. The number of nitrogen functional groups attached to an aromatic ring is 1. The van der Waals surface area contributed by atoms with Crippen LogP contribution in [0.3, 0.4) is 0 Å². The van der Waals surface area contributed by atoms with Crippen LogP contribution in [0.4, 0.5) is 5.69 Å². The molecule has 0 spiro atoms. The molecule has 2 aliphatic heterocycles. The van der Waals surface area contributed by atoms with Crippen molar-refractivity contribution in [2.75, 3.05) is 25.9 Å². The van der Waals surface area contributed by atoms with Crippen molar-refractivity contribution in [2.45, 2.75) is 38.3 Å². The van der Waals surface area contributed by atoms with Crippen LogP contribution >= 0.6 is 0 Å². The van der Waals surface area contributed by atoms with Crippen LogP contribution in [0.1, 0.15) is 35.3 Å². The standard InChI is InChI=1S/C15H22N4O/c1-10-7-14(16)13(8-17-10)15(20)19-6-5-11-3-4-12(9-19)18(11)2/h7-8,11-12H,3-6,9H2,1-2H3,(H2,16,17). The second kappa shape index (κ2) is 5.05. The van der Waals surface area contributed by atoms with Gasteiger partial charge in [0.15, 0.2) is 0 Å². The second-order valence-corrected chi connectivity index (χ2v) is 6.00. The molecule has 2 N–H and O–H groups in total. The zero-order valence-electron chi connectivity index (χ0n) is 12.2. The summed E-state index contributed by atoms with van der Waals surface area (Å²) >= 11 is 0. The number of likely N-dealkylation sites (tertiary alicyclic amines) is 1. The summed E-state index contributed by atoms with van der Waals surface area (Å²) in [4.78, 5) is 21.2. The van der Waals surface area contributed by atoms with Gasteiger partial charge in [0.25, 0.3) is 5.91 Å². The number of pyridine rings is 1. The van der Waals surface area contributed by atoms with E-state index in [1.165, 1.54) is 12.8 Å². The van der Waals surface area contributed by atoms with Gasteiger partial charge in [0, 0.05) is 42.8 Å². The van der Waals surface area contributed by atoms with E-state index in [0.717, 1.165) is 25.2 Å². The highest BCUT2D eigenvalue weighted by Gasteiger charge is 2.36. The lowest BCUT2D eigenvalue weighted by Gasteiger charge is -2.26. The quantitative estimate of drug-likeness (QED) is 0.838. The highest BCUT2D eigenvalue weighted by Crippen LogP contribution is 2.29. The Balaban J connectivity index is 1.80. The first kappa shape index (κ1) is 13.4. The third kappa shape index (κ3) is 2.26. The molecule has 0 radical (unpaired) electrons. The second-order valence-electron chi connectivity index (χ2n) is 6.00. The predicted octanol–water partition coefficient (Wildman–Crippen LogP) is 1.28. The van der Waals surface area contributed by atoms with Gasteiger partial charge < -0.3 is 10.6 Å². The minimum absolute atomic E-state index is 0.0240. The number of rotatable bonds is 1. The zero-order valence-corrected chi connectivity index (χ0v) is 12.2. The third-order valence-corrected chi connectivity index (χ3v) is 4.74. The fourth-order valence-corrected chi connectivity index (χ4v) is 3.42. The topological polar surface area (TPSA) is 62.5 Å². The largest absolute Gasteiger partial charge is 0.398 e. The molecule has 1 aromatic rings. The molecule has 2 atom stereocenters. The van der Waals surface area contributed by atoms with Gasteiger partial charge in [0.05, 0.1) is 5.56 Å². The Kier molecular flexibility index (Phi) is 3.38. The number of hydrogen-bond donors (Lipinski definition) is 1. The molecule has 5 heteroatoms. The van der Waals surface area contributed by atoms with Crippen molar-refractivity contribution in [3.8, 4) is 0 Å². The van der Waals surface area contributed by atoms with Crippen molar-refractivity contribution >= 4 is 11.6 Å². The number of carbonyl (C=O) groups is 1. The summed E-state index contributed by atoms with van der Waals surface area (Å²) in [5, 5.41) is 0. The minimum atomic E-state index is 0.0240. The summed E-state index contributed by atoms with van der Waals surface area (Å²) in [7, 11) is 2.18. The number of nitrogens with zero attached hydrogens (tertiary/aromatic N) is 3. The molecule has 2 bridgehead atoms. The van der Waals surface area contributed by atoms with Gasteiger partial charge in [-0.3, -0.25) is 14.7 Å². The monoisotopic (exact) mass is 274 g/mol. The lowest BCUT2D eigenvalue weighted by Crippen LogP contribution is -2.40. The van der Waals surface area contributed by atoms with Crippen LogP contribution in [-0.4, -0.2) is 52.9 Å². The number of hydrogen-bond acceptors (Lipinski definition) is 4.